The van der Waals surface area contributed by atoms with Gasteiger partial charge in [-0.2, -0.15) is 0 Å². The zero-order chi connectivity index (χ0) is 11.3. The predicted octanol–water partition coefficient (Wildman–Crippen LogP) is -0.0684. The molecule has 0 radical (unpaired) electrons. The molecule has 3 N–H and O–H groups in total. The van der Waals surface area contributed by atoms with E-state index in [4.69, 9.17) is 5.11 Å². The number of rotatable bonds is 5. The van der Waals surface area contributed by atoms with Gasteiger partial charge in [0.2, 0.25) is 5.91 Å². The molecule has 1 unspecified atom stereocenters. The van der Waals surface area contributed by atoms with Gasteiger partial charge >= 0.3 is 5.97 Å². The zero-order valence-corrected chi connectivity index (χ0v) is 8.36. The Kier molecular flexibility index (Phi) is 3.84. The SMILES string of the molecule is CC(=O)NC(CCc1c[nH]cn1)C(=O)O. The van der Waals surface area contributed by atoms with E-state index in [0.717, 1.165) is 5.69 Å². The lowest BCUT2D eigenvalue weighted by Crippen LogP contribution is -2.39. The molecule has 1 heterocycles. The first-order valence-electron chi connectivity index (χ1n) is 4.57. The van der Waals surface area contributed by atoms with Gasteiger partial charge in [0.15, 0.2) is 0 Å². The number of nitrogens with zero attached hydrogens (tertiary/aromatic N) is 1. The summed E-state index contributed by atoms with van der Waals surface area (Å²) >= 11 is 0. The molecule has 1 aromatic heterocycles. The van der Waals surface area contributed by atoms with Gasteiger partial charge in [0.1, 0.15) is 6.04 Å². The Balaban J connectivity index is 2.45. The van der Waals surface area contributed by atoms with Gasteiger partial charge in [0, 0.05) is 13.1 Å². The molecule has 0 aliphatic heterocycles. The Labute approximate surface area is 86.7 Å². The quantitative estimate of drug-likeness (QED) is 0.635. The molecule has 1 aromatic rings. The van der Waals surface area contributed by atoms with Gasteiger partial charge in [-0.25, -0.2) is 9.78 Å². The molecule has 15 heavy (non-hydrogen) atoms. The normalized spacial score (nSPS) is 12.1. The first-order valence-corrected chi connectivity index (χ1v) is 4.57. The Morgan fingerprint density at radius 2 is 2.40 bits per heavy atom. The van der Waals surface area contributed by atoms with Crippen molar-refractivity contribution in [2.45, 2.75) is 25.8 Å². The van der Waals surface area contributed by atoms with Crippen molar-refractivity contribution in [2.75, 3.05) is 0 Å². The van der Waals surface area contributed by atoms with E-state index in [-0.39, 0.29) is 5.91 Å². The Morgan fingerprint density at radius 1 is 1.67 bits per heavy atom. The molecule has 6 heteroatoms. The molecule has 0 spiro atoms. The second-order valence-corrected chi connectivity index (χ2v) is 3.19. The lowest BCUT2D eigenvalue weighted by atomic mass is 10.1. The molecule has 1 rings (SSSR count). The van der Waals surface area contributed by atoms with E-state index in [9.17, 15) is 9.59 Å². The standard InChI is InChI=1S/C9H13N3O3/c1-6(13)12-8(9(14)15)3-2-7-4-10-5-11-7/h4-5,8H,2-3H2,1H3,(H,10,11)(H,12,13)(H,14,15). The van der Waals surface area contributed by atoms with Crippen LogP contribution in [0.3, 0.4) is 0 Å². The average Bonchev–Trinajstić information content (AvgIpc) is 2.63. The number of nitrogens with one attached hydrogen (secondary N) is 2. The predicted molar refractivity (Wildman–Crippen MR) is 52.1 cm³/mol. The van der Waals surface area contributed by atoms with E-state index in [1.54, 1.807) is 6.20 Å². The Morgan fingerprint density at radius 3 is 2.87 bits per heavy atom. The van der Waals surface area contributed by atoms with Gasteiger partial charge in [-0.1, -0.05) is 0 Å². The maximum Gasteiger partial charge on any atom is 0.326 e. The largest absolute Gasteiger partial charge is 0.480 e. The number of amides is 1. The number of carboxylic acid groups (broad SMARTS) is 1. The van der Waals surface area contributed by atoms with Crippen molar-refractivity contribution < 1.29 is 14.7 Å². The Bertz CT molecular complexity index is 334. The lowest BCUT2D eigenvalue weighted by Gasteiger charge is -2.11. The molecular weight excluding hydrogens is 198 g/mol. The van der Waals surface area contributed by atoms with Crippen molar-refractivity contribution in [3.05, 3.63) is 18.2 Å². The van der Waals surface area contributed by atoms with Gasteiger partial charge in [-0.05, 0) is 12.8 Å². The van der Waals surface area contributed by atoms with Crippen LogP contribution in [-0.4, -0.2) is 33.0 Å². The molecule has 1 atom stereocenters. The number of H-pyrrole nitrogens is 1. The molecule has 0 fully saturated rings. The van der Waals surface area contributed by atoms with E-state index >= 15 is 0 Å². The minimum Gasteiger partial charge on any atom is -0.480 e. The summed E-state index contributed by atoms with van der Waals surface area (Å²) in [4.78, 5) is 28.2. The van der Waals surface area contributed by atoms with E-state index < -0.39 is 12.0 Å². The average molecular weight is 211 g/mol. The maximum atomic E-state index is 10.8. The molecular formula is C9H13N3O3. The fraction of sp³-hybridized carbons (Fsp3) is 0.444. The third kappa shape index (κ3) is 3.80. The number of aliphatic carboxylic acids is 1. The first-order chi connectivity index (χ1) is 7.09. The number of imidazole rings is 1. The number of carbonyl (C=O) groups excluding carboxylic acids is 1. The van der Waals surface area contributed by atoms with E-state index in [1.165, 1.54) is 13.3 Å². The number of aromatic nitrogens is 2. The van der Waals surface area contributed by atoms with Crippen LogP contribution in [0.25, 0.3) is 0 Å². The monoisotopic (exact) mass is 211 g/mol. The highest BCUT2D eigenvalue weighted by Crippen LogP contribution is 2.01. The number of hydrogen-bond donors (Lipinski definition) is 3. The molecule has 0 aliphatic rings. The molecule has 6 nitrogen and oxygen atoms in total. The topological polar surface area (TPSA) is 95.1 Å². The van der Waals surface area contributed by atoms with Crippen LogP contribution in [0.4, 0.5) is 0 Å². The van der Waals surface area contributed by atoms with Crippen molar-refractivity contribution in [1.29, 1.82) is 0 Å². The second-order valence-electron chi connectivity index (χ2n) is 3.19. The fourth-order valence-corrected chi connectivity index (χ4v) is 1.22. The summed E-state index contributed by atoms with van der Waals surface area (Å²) in [6.07, 6.45) is 4.08. The highest BCUT2D eigenvalue weighted by atomic mass is 16.4. The van der Waals surface area contributed by atoms with Crippen molar-refractivity contribution >= 4 is 11.9 Å². The molecule has 1 amide bonds. The van der Waals surface area contributed by atoms with Gasteiger partial charge in [-0.15, -0.1) is 0 Å². The molecule has 0 saturated heterocycles. The van der Waals surface area contributed by atoms with Gasteiger partial charge in [-0.3, -0.25) is 4.79 Å². The van der Waals surface area contributed by atoms with Gasteiger partial charge in [0.05, 0.1) is 12.0 Å². The minimum atomic E-state index is -1.03. The third-order valence-electron chi connectivity index (χ3n) is 1.92. The zero-order valence-electron chi connectivity index (χ0n) is 8.36. The number of aromatic amines is 1. The minimum absolute atomic E-state index is 0.333. The highest BCUT2D eigenvalue weighted by Gasteiger charge is 2.18. The van der Waals surface area contributed by atoms with Gasteiger partial charge < -0.3 is 15.4 Å². The van der Waals surface area contributed by atoms with Gasteiger partial charge in [0.25, 0.3) is 0 Å². The fourth-order valence-electron chi connectivity index (χ4n) is 1.22. The lowest BCUT2D eigenvalue weighted by molar-refractivity contribution is -0.141. The van der Waals surface area contributed by atoms with Crippen LogP contribution >= 0.6 is 0 Å². The van der Waals surface area contributed by atoms with Crippen LogP contribution in [0.15, 0.2) is 12.5 Å². The van der Waals surface area contributed by atoms with E-state index in [0.29, 0.717) is 12.8 Å². The van der Waals surface area contributed by atoms with Crippen LogP contribution in [-0.2, 0) is 16.0 Å². The van der Waals surface area contributed by atoms with Crippen LogP contribution in [0.2, 0.25) is 0 Å². The van der Waals surface area contributed by atoms with Crippen LogP contribution in [0.1, 0.15) is 19.0 Å². The molecule has 0 aliphatic carbocycles. The molecule has 0 saturated carbocycles. The third-order valence-corrected chi connectivity index (χ3v) is 1.92. The first kappa shape index (κ1) is 11.2. The van der Waals surface area contributed by atoms with Crippen LogP contribution < -0.4 is 5.32 Å². The van der Waals surface area contributed by atoms with E-state index in [2.05, 4.69) is 15.3 Å². The summed E-state index contributed by atoms with van der Waals surface area (Å²) in [5.41, 5.74) is 0.784. The highest BCUT2D eigenvalue weighted by molar-refractivity contribution is 5.81. The van der Waals surface area contributed by atoms with Crippen molar-refractivity contribution in [3.63, 3.8) is 0 Å². The van der Waals surface area contributed by atoms with Crippen molar-refractivity contribution in [2.24, 2.45) is 0 Å². The summed E-state index contributed by atoms with van der Waals surface area (Å²) in [7, 11) is 0. The molecule has 82 valence electrons. The summed E-state index contributed by atoms with van der Waals surface area (Å²) in [6.45, 7) is 1.30. The molecule has 0 bridgehead atoms. The van der Waals surface area contributed by atoms with Crippen LogP contribution in [0.5, 0.6) is 0 Å². The molecule has 0 aromatic carbocycles. The number of hydrogen-bond acceptors (Lipinski definition) is 3. The second kappa shape index (κ2) is 5.14. The maximum absolute atomic E-state index is 10.8. The number of carboxylic acids is 1. The van der Waals surface area contributed by atoms with Crippen LogP contribution in [0, 0.1) is 0 Å². The van der Waals surface area contributed by atoms with E-state index in [1.807, 2.05) is 0 Å². The summed E-state index contributed by atoms with van der Waals surface area (Å²) in [6, 6.07) is -0.848. The van der Waals surface area contributed by atoms with Crippen molar-refractivity contribution in [3.8, 4) is 0 Å². The summed E-state index contributed by atoms with van der Waals surface area (Å²) in [5, 5.41) is 11.2. The van der Waals surface area contributed by atoms with Crippen molar-refractivity contribution in [1.82, 2.24) is 15.3 Å². The Hall–Kier alpha value is -1.85. The number of aryl methyl sites for hydroxylation is 1. The summed E-state index contributed by atoms with van der Waals surface area (Å²) in [5.74, 6) is -1.37. The smallest absolute Gasteiger partial charge is 0.326 e. The summed E-state index contributed by atoms with van der Waals surface area (Å²) < 4.78 is 0. The number of carbonyl (C=O) groups is 2.